The molecule has 2 aliphatic rings. The molecule has 0 amide bonds. The second-order valence-corrected chi connectivity index (χ2v) is 11.9. The molecule has 0 aromatic heterocycles. The van der Waals surface area contributed by atoms with Crippen molar-refractivity contribution in [2.75, 3.05) is 33.3 Å². The SMILES string of the molecule is C#Cc1cccc(C2C(C(=O)OC(C)N3CCCN(C(c4ccc(F)cc4)c4ccc(F)cc4)CC3)=C(C)N=C(C)C2C(=O)OC)c1. The van der Waals surface area contributed by atoms with E-state index < -0.39 is 30.0 Å². The number of aliphatic imine (C=N–C) groups is 1. The number of allylic oxidation sites excluding steroid dienone is 1. The molecule has 5 rings (SSSR count). The largest absolute Gasteiger partial charge is 0.468 e. The molecule has 0 aliphatic carbocycles. The van der Waals surface area contributed by atoms with E-state index in [1.165, 1.54) is 31.4 Å². The van der Waals surface area contributed by atoms with Gasteiger partial charge in [0.25, 0.3) is 0 Å². The van der Waals surface area contributed by atoms with Gasteiger partial charge in [0.1, 0.15) is 17.6 Å². The average molecular weight is 640 g/mol. The molecule has 0 bridgehead atoms. The van der Waals surface area contributed by atoms with Gasteiger partial charge in [-0.2, -0.15) is 0 Å². The van der Waals surface area contributed by atoms with Gasteiger partial charge in [0, 0.05) is 49.1 Å². The third-order valence-electron chi connectivity index (χ3n) is 9.01. The average Bonchev–Trinajstić information content (AvgIpc) is 3.32. The van der Waals surface area contributed by atoms with E-state index in [1.54, 1.807) is 56.3 Å². The first-order valence-corrected chi connectivity index (χ1v) is 15.7. The summed E-state index contributed by atoms with van der Waals surface area (Å²) < 4.78 is 38.9. The van der Waals surface area contributed by atoms with E-state index in [2.05, 4.69) is 20.7 Å². The highest BCUT2D eigenvalue weighted by Crippen LogP contribution is 2.40. The number of hydrogen-bond acceptors (Lipinski definition) is 7. The standard InChI is InChI=1S/C38H39F2N3O4/c1-6-27-9-7-10-30(23-27)35-33(37(44)46-5)24(2)41-25(3)34(35)38(45)47-26(4)42-19-8-20-43(22-21-42)36(28-11-15-31(39)16-12-28)29-13-17-32(40)18-14-29/h1,7,9-18,23,26,33,35-36H,8,19-22H2,2-5H3. The van der Waals surface area contributed by atoms with Gasteiger partial charge in [-0.25, -0.2) is 13.6 Å². The van der Waals surface area contributed by atoms with E-state index >= 15 is 0 Å². The monoisotopic (exact) mass is 639 g/mol. The minimum Gasteiger partial charge on any atom is -0.468 e. The molecule has 0 spiro atoms. The Balaban J connectivity index is 1.37. The number of benzene rings is 3. The van der Waals surface area contributed by atoms with Gasteiger partial charge in [0.05, 0.1) is 18.7 Å². The van der Waals surface area contributed by atoms with Crippen LogP contribution in [0.4, 0.5) is 8.78 Å². The molecular formula is C38H39F2N3O4. The first kappa shape index (κ1) is 33.7. The minimum atomic E-state index is -0.823. The Morgan fingerprint density at radius 2 is 1.51 bits per heavy atom. The van der Waals surface area contributed by atoms with Crippen LogP contribution >= 0.6 is 0 Å². The Morgan fingerprint density at radius 1 is 0.915 bits per heavy atom. The first-order chi connectivity index (χ1) is 22.6. The molecular weight excluding hydrogens is 600 g/mol. The summed E-state index contributed by atoms with van der Waals surface area (Å²) in [7, 11) is 1.31. The van der Waals surface area contributed by atoms with Crippen molar-refractivity contribution in [3.05, 3.63) is 118 Å². The molecule has 2 aliphatic heterocycles. The minimum absolute atomic E-state index is 0.208. The number of hydrogen-bond donors (Lipinski definition) is 0. The van der Waals surface area contributed by atoms with Crippen LogP contribution in [-0.4, -0.2) is 67.0 Å². The van der Waals surface area contributed by atoms with Gasteiger partial charge in [-0.1, -0.05) is 42.3 Å². The summed E-state index contributed by atoms with van der Waals surface area (Å²) >= 11 is 0. The van der Waals surface area contributed by atoms with Gasteiger partial charge < -0.3 is 9.47 Å². The number of terminal acetylenes is 1. The van der Waals surface area contributed by atoms with Gasteiger partial charge in [-0.15, -0.1) is 6.42 Å². The van der Waals surface area contributed by atoms with E-state index in [9.17, 15) is 18.4 Å². The molecule has 2 heterocycles. The fraction of sp³-hybridized carbons (Fsp3) is 0.342. The summed E-state index contributed by atoms with van der Waals surface area (Å²) in [5, 5.41) is 0. The second-order valence-electron chi connectivity index (χ2n) is 11.9. The molecule has 0 saturated carbocycles. The summed E-state index contributed by atoms with van der Waals surface area (Å²) in [6.45, 7) is 7.93. The van der Waals surface area contributed by atoms with Crippen molar-refractivity contribution >= 4 is 17.7 Å². The highest BCUT2D eigenvalue weighted by Gasteiger charge is 2.43. The zero-order valence-electron chi connectivity index (χ0n) is 27.1. The molecule has 47 heavy (non-hydrogen) atoms. The van der Waals surface area contributed by atoms with Gasteiger partial charge in [0.15, 0.2) is 6.23 Å². The Hall–Kier alpha value is -4.65. The molecule has 9 heteroatoms. The Kier molecular flexibility index (Phi) is 10.6. The topological polar surface area (TPSA) is 71.4 Å². The van der Waals surface area contributed by atoms with E-state index in [0.717, 1.165) is 24.1 Å². The number of methoxy groups -OCH3 is 1. The number of carbonyl (C=O) groups excluding carboxylic acids is 2. The molecule has 1 fully saturated rings. The van der Waals surface area contributed by atoms with Crippen LogP contribution in [0.2, 0.25) is 0 Å². The maximum absolute atomic E-state index is 14.0. The van der Waals surface area contributed by atoms with Crippen molar-refractivity contribution in [1.29, 1.82) is 0 Å². The third kappa shape index (κ3) is 7.51. The van der Waals surface area contributed by atoms with E-state index in [1.807, 2.05) is 13.0 Å². The highest BCUT2D eigenvalue weighted by atomic mass is 19.1. The van der Waals surface area contributed by atoms with Crippen LogP contribution in [0.1, 0.15) is 61.4 Å². The molecule has 244 valence electrons. The normalized spacial score (nSPS) is 19.8. The zero-order valence-corrected chi connectivity index (χ0v) is 27.1. The van der Waals surface area contributed by atoms with Crippen LogP contribution in [-0.2, 0) is 19.1 Å². The number of rotatable bonds is 8. The van der Waals surface area contributed by atoms with Gasteiger partial charge in [-0.3, -0.25) is 19.6 Å². The highest BCUT2D eigenvalue weighted by molar-refractivity contribution is 6.07. The molecule has 7 nitrogen and oxygen atoms in total. The summed E-state index contributed by atoms with van der Waals surface area (Å²) in [6, 6.07) is 19.8. The van der Waals surface area contributed by atoms with Crippen molar-refractivity contribution < 1.29 is 27.8 Å². The fourth-order valence-electron chi connectivity index (χ4n) is 6.69. The smallest absolute Gasteiger partial charge is 0.338 e. The number of ether oxygens (including phenoxy) is 2. The summed E-state index contributed by atoms with van der Waals surface area (Å²) in [6.07, 6.45) is 5.87. The maximum Gasteiger partial charge on any atom is 0.338 e. The van der Waals surface area contributed by atoms with Crippen molar-refractivity contribution in [1.82, 2.24) is 9.80 Å². The summed E-state index contributed by atoms with van der Waals surface area (Å²) in [4.78, 5) is 36.0. The molecule has 3 aromatic carbocycles. The lowest BCUT2D eigenvalue weighted by molar-refractivity contribution is -0.153. The van der Waals surface area contributed by atoms with Crippen LogP contribution in [0, 0.1) is 29.9 Å². The third-order valence-corrected chi connectivity index (χ3v) is 9.01. The van der Waals surface area contributed by atoms with E-state index in [0.29, 0.717) is 42.2 Å². The van der Waals surface area contributed by atoms with Crippen LogP contribution in [0.25, 0.3) is 0 Å². The van der Waals surface area contributed by atoms with Crippen LogP contribution in [0.15, 0.2) is 89.1 Å². The van der Waals surface area contributed by atoms with Crippen LogP contribution in [0.3, 0.4) is 0 Å². The van der Waals surface area contributed by atoms with Crippen molar-refractivity contribution in [3.8, 4) is 12.3 Å². The molecule has 3 aromatic rings. The quantitative estimate of drug-likeness (QED) is 0.214. The summed E-state index contributed by atoms with van der Waals surface area (Å²) in [5.74, 6) is -0.599. The number of nitrogens with zero attached hydrogens (tertiary/aromatic N) is 3. The lowest BCUT2D eigenvalue weighted by Crippen LogP contribution is -2.41. The number of halogens is 2. The van der Waals surface area contributed by atoms with Crippen molar-refractivity contribution in [3.63, 3.8) is 0 Å². The molecule has 0 radical (unpaired) electrons. The summed E-state index contributed by atoms with van der Waals surface area (Å²) in [5.41, 5.74) is 4.43. The zero-order chi connectivity index (χ0) is 33.7. The molecule has 1 saturated heterocycles. The second kappa shape index (κ2) is 14.8. The van der Waals surface area contributed by atoms with Gasteiger partial charge in [-0.05, 0) is 80.3 Å². The predicted molar refractivity (Wildman–Crippen MR) is 176 cm³/mol. The fourth-order valence-corrected chi connectivity index (χ4v) is 6.69. The van der Waals surface area contributed by atoms with Crippen LogP contribution in [0.5, 0.6) is 0 Å². The maximum atomic E-state index is 14.0. The predicted octanol–water partition coefficient (Wildman–Crippen LogP) is 6.25. The lowest BCUT2D eigenvalue weighted by Gasteiger charge is -2.34. The molecule has 0 N–H and O–H groups in total. The first-order valence-electron chi connectivity index (χ1n) is 15.7. The van der Waals surface area contributed by atoms with E-state index in [-0.39, 0.29) is 23.2 Å². The lowest BCUT2D eigenvalue weighted by atomic mass is 9.75. The number of esters is 2. The van der Waals surface area contributed by atoms with Crippen molar-refractivity contribution in [2.45, 2.75) is 45.4 Å². The van der Waals surface area contributed by atoms with Crippen molar-refractivity contribution in [2.24, 2.45) is 10.9 Å². The Labute approximate surface area is 274 Å². The molecule has 3 atom stereocenters. The Morgan fingerprint density at radius 3 is 2.11 bits per heavy atom. The Bertz CT molecular complexity index is 1670. The van der Waals surface area contributed by atoms with Crippen LogP contribution < -0.4 is 0 Å². The number of carbonyl (C=O) groups is 2. The van der Waals surface area contributed by atoms with Gasteiger partial charge >= 0.3 is 11.9 Å². The van der Waals surface area contributed by atoms with E-state index in [4.69, 9.17) is 15.9 Å². The van der Waals surface area contributed by atoms with Gasteiger partial charge in [0.2, 0.25) is 0 Å². The molecule has 3 unspecified atom stereocenters.